The van der Waals surface area contributed by atoms with Crippen molar-refractivity contribution in [1.82, 2.24) is 14.5 Å². The zero-order valence-electron chi connectivity index (χ0n) is 36.0. The zero-order chi connectivity index (χ0) is 42.1. The molecule has 0 atom stereocenters. The van der Waals surface area contributed by atoms with Crippen LogP contribution in [0.5, 0.6) is 0 Å². The van der Waals surface area contributed by atoms with Gasteiger partial charge >= 0.3 is 0 Å². The SMILES string of the molecule is Cc1cc[c-]c(-c2cc(CC(C)C)c([Si](C)(C)C)cn2)c1.[Ir].[c-]1ccc2c(oc3ccccc32)c1-c1nc2ccccc2n1-c1c(-c2ccccc2)cccc1-c1ccccc1. The Balaban J connectivity index is 0.000000205. The second-order valence-corrected chi connectivity index (χ2v) is 22.3. The molecule has 0 aliphatic carbocycles. The third-order valence-corrected chi connectivity index (χ3v) is 13.3. The van der Waals surface area contributed by atoms with Crippen molar-refractivity contribution in [2.75, 3.05) is 0 Å². The van der Waals surface area contributed by atoms with E-state index in [-0.39, 0.29) is 20.1 Å². The number of furan rings is 1. The van der Waals surface area contributed by atoms with Crippen molar-refractivity contribution in [3.63, 3.8) is 0 Å². The Kier molecular flexibility index (Phi) is 12.4. The summed E-state index contributed by atoms with van der Waals surface area (Å²) >= 11 is 0. The van der Waals surface area contributed by atoms with E-state index in [9.17, 15) is 0 Å². The molecule has 0 saturated carbocycles. The number of imidazole rings is 1. The van der Waals surface area contributed by atoms with E-state index < -0.39 is 8.07 Å². The van der Waals surface area contributed by atoms with E-state index in [0.717, 1.165) is 90.0 Å². The summed E-state index contributed by atoms with van der Waals surface area (Å²) in [5.74, 6) is 1.46. The second kappa shape index (κ2) is 18.0. The summed E-state index contributed by atoms with van der Waals surface area (Å²) in [4.78, 5) is 9.95. The third kappa shape index (κ3) is 8.51. The van der Waals surface area contributed by atoms with Crippen LogP contribution in [0.1, 0.15) is 25.0 Å². The van der Waals surface area contributed by atoms with Crippen LogP contribution in [0.3, 0.4) is 0 Å². The molecule has 0 aliphatic rings. The summed E-state index contributed by atoms with van der Waals surface area (Å²) in [5.41, 5.74) is 14.9. The van der Waals surface area contributed by atoms with Gasteiger partial charge in [-0.15, -0.1) is 53.6 Å². The molecule has 0 aliphatic heterocycles. The fourth-order valence-corrected chi connectivity index (χ4v) is 10.0. The Morgan fingerprint density at radius 1 is 0.677 bits per heavy atom. The van der Waals surface area contributed by atoms with Crippen LogP contribution in [0.4, 0.5) is 0 Å². The Morgan fingerprint density at radius 3 is 2.00 bits per heavy atom. The number of aryl methyl sites for hydroxylation is 1. The monoisotopic (exact) mass is 1000 g/mol. The van der Waals surface area contributed by atoms with E-state index in [0.29, 0.717) is 5.92 Å². The van der Waals surface area contributed by atoms with Gasteiger partial charge in [-0.25, -0.2) is 0 Å². The van der Waals surface area contributed by atoms with Gasteiger partial charge in [0.05, 0.1) is 36.2 Å². The predicted molar refractivity (Wildman–Crippen MR) is 258 cm³/mol. The first-order valence-electron chi connectivity index (χ1n) is 21.2. The molecule has 0 N–H and O–H groups in total. The number of benzene rings is 7. The fraction of sp³-hybridized carbons (Fsp3) is 0.143. The first-order chi connectivity index (χ1) is 29.6. The van der Waals surface area contributed by atoms with Gasteiger partial charge in [0.2, 0.25) is 0 Å². The van der Waals surface area contributed by atoms with Gasteiger partial charge in [0, 0.05) is 42.8 Å². The smallest absolute Gasteiger partial charge is 0.120 e. The van der Waals surface area contributed by atoms with Crippen molar-refractivity contribution in [2.45, 2.75) is 46.8 Å². The largest absolute Gasteiger partial charge is 0.501 e. The number of pyridine rings is 1. The molecular weight excluding hydrogens is 951 g/mol. The van der Waals surface area contributed by atoms with Crippen molar-refractivity contribution in [2.24, 2.45) is 5.92 Å². The molecule has 1 radical (unpaired) electrons. The van der Waals surface area contributed by atoms with E-state index in [4.69, 9.17) is 14.4 Å². The minimum Gasteiger partial charge on any atom is -0.501 e. The molecule has 0 spiro atoms. The van der Waals surface area contributed by atoms with Crippen molar-refractivity contribution in [3.05, 3.63) is 193 Å². The van der Waals surface area contributed by atoms with Crippen LogP contribution in [0, 0.1) is 25.0 Å². The van der Waals surface area contributed by atoms with Crippen molar-refractivity contribution in [3.8, 4) is 50.6 Å². The first-order valence-corrected chi connectivity index (χ1v) is 24.7. The van der Waals surface area contributed by atoms with E-state index in [2.05, 4.69) is 191 Å². The summed E-state index contributed by atoms with van der Waals surface area (Å²) in [6.45, 7) is 13.9. The second-order valence-electron chi connectivity index (χ2n) is 17.2. The summed E-state index contributed by atoms with van der Waals surface area (Å²) < 4.78 is 8.76. The minimum absolute atomic E-state index is 0. The topological polar surface area (TPSA) is 43.9 Å². The van der Waals surface area contributed by atoms with E-state index in [1.165, 1.54) is 16.3 Å². The van der Waals surface area contributed by atoms with Crippen molar-refractivity contribution in [1.29, 1.82) is 0 Å². The summed E-state index contributed by atoms with van der Waals surface area (Å²) in [6, 6.07) is 63.5. The Morgan fingerprint density at radius 2 is 1.32 bits per heavy atom. The van der Waals surface area contributed by atoms with Crippen molar-refractivity contribution >= 4 is 46.2 Å². The molecule has 62 heavy (non-hydrogen) atoms. The molecule has 3 aromatic heterocycles. The molecule has 3 heterocycles. The van der Waals surface area contributed by atoms with Gasteiger partial charge in [0.25, 0.3) is 0 Å². The van der Waals surface area contributed by atoms with Crippen LogP contribution >= 0.6 is 0 Å². The molecule has 0 fully saturated rings. The Labute approximate surface area is 379 Å². The molecule has 0 amide bonds. The molecule has 309 valence electrons. The molecule has 4 nitrogen and oxygen atoms in total. The van der Waals surface area contributed by atoms with Gasteiger partial charge in [0.1, 0.15) is 5.58 Å². The van der Waals surface area contributed by atoms with Crippen LogP contribution in [0.2, 0.25) is 19.6 Å². The van der Waals surface area contributed by atoms with E-state index in [1.807, 2.05) is 36.4 Å². The van der Waals surface area contributed by atoms with E-state index in [1.54, 1.807) is 0 Å². The molecular formula is C56H49IrN3OSi-2. The molecule has 6 heteroatoms. The van der Waals surface area contributed by atoms with Crippen LogP contribution in [0.25, 0.3) is 83.6 Å². The van der Waals surface area contributed by atoms with Crippen molar-refractivity contribution < 1.29 is 24.5 Å². The average Bonchev–Trinajstić information content (AvgIpc) is 3.85. The number of para-hydroxylation sites is 4. The Bertz CT molecular complexity index is 3090. The molecule has 7 aromatic carbocycles. The number of aromatic nitrogens is 3. The third-order valence-electron chi connectivity index (χ3n) is 11.2. The van der Waals surface area contributed by atoms with Crippen LogP contribution < -0.4 is 5.19 Å². The van der Waals surface area contributed by atoms with Gasteiger partial charge < -0.3 is 14.0 Å². The summed E-state index contributed by atoms with van der Waals surface area (Å²) in [7, 11) is -1.35. The Hall–Kier alpha value is -6.17. The number of hydrogen-bond acceptors (Lipinski definition) is 3. The van der Waals surface area contributed by atoms with Gasteiger partial charge in [-0.3, -0.25) is 4.98 Å². The average molecular weight is 1000 g/mol. The first kappa shape index (κ1) is 42.5. The van der Waals surface area contributed by atoms with Gasteiger partial charge in [-0.05, 0) is 52.5 Å². The van der Waals surface area contributed by atoms with E-state index >= 15 is 0 Å². The fourth-order valence-electron chi connectivity index (χ4n) is 8.42. The maximum absolute atomic E-state index is 6.47. The number of hydrogen-bond donors (Lipinski definition) is 0. The summed E-state index contributed by atoms with van der Waals surface area (Å²) in [6.07, 6.45) is 3.25. The molecule has 0 bridgehead atoms. The maximum atomic E-state index is 6.47. The predicted octanol–water partition coefficient (Wildman–Crippen LogP) is 14.3. The summed E-state index contributed by atoms with van der Waals surface area (Å²) in [5, 5.41) is 3.64. The minimum atomic E-state index is -1.35. The number of nitrogens with zero attached hydrogens (tertiary/aromatic N) is 3. The van der Waals surface area contributed by atoms with Gasteiger partial charge in [-0.2, -0.15) is 0 Å². The molecule has 0 unspecified atom stereocenters. The van der Waals surface area contributed by atoms with Crippen LogP contribution in [-0.2, 0) is 26.5 Å². The quantitative estimate of drug-likeness (QED) is 0.113. The van der Waals surface area contributed by atoms with Gasteiger partial charge in [0.15, 0.2) is 0 Å². The molecule has 10 aromatic rings. The number of rotatable bonds is 8. The number of fused-ring (bicyclic) bond motifs is 4. The maximum Gasteiger partial charge on any atom is 0.120 e. The molecule has 0 saturated heterocycles. The van der Waals surface area contributed by atoms with Crippen LogP contribution in [-0.4, -0.2) is 22.6 Å². The zero-order valence-corrected chi connectivity index (χ0v) is 39.4. The standard InChI is InChI=1S/C37H23N2O.C19H26NSi.Ir/c1-3-13-25(14-4-1)27-18-11-19-28(26-15-5-2-6-16-26)35(27)39-33-23-9-8-22-32(33)38-37(39)31-21-12-20-30-29-17-7-10-24-34(29)40-36(30)31;1-14(2)10-17-12-18(16-9-7-8-15(3)11-16)20-13-19(17)21(4,5)6;/h1-20,22-24H;7-8,11-14H,10H2,1-6H3;/q2*-1;. The molecule has 10 rings (SSSR count). The van der Waals surface area contributed by atoms with Crippen LogP contribution in [0.15, 0.2) is 174 Å². The normalized spacial score (nSPS) is 11.5. The van der Waals surface area contributed by atoms with Gasteiger partial charge in [-0.1, -0.05) is 172 Å².